The minimum absolute atomic E-state index is 0.0466. The molecule has 2 amide bonds. The molecule has 0 aromatic heterocycles. The lowest BCUT2D eigenvalue weighted by Gasteiger charge is -2.29. The van der Waals surface area contributed by atoms with Crippen LogP contribution in [0.4, 0.5) is 5.69 Å². The molecule has 1 heterocycles. The van der Waals surface area contributed by atoms with Gasteiger partial charge >= 0.3 is 0 Å². The lowest BCUT2D eigenvalue weighted by atomic mass is 10.1. The number of piperazine rings is 1. The van der Waals surface area contributed by atoms with Crippen molar-refractivity contribution in [3.8, 4) is 0 Å². The largest absolute Gasteiger partial charge is 0.396 e. The number of nitrogens with zero attached hydrogens (tertiary/aromatic N) is 1. The predicted octanol–water partition coefficient (Wildman–Crippen LogP) is -0.316. The Balaban J connectivity index is 2.26. The fourth-order valence-electron chi connectivity index (χ4n) is 1.96. The summed E-state index contributed by atoms with van der Waals surface area (Å²) in [5.74, 6) is -0.583. The molecular weight excluding hydrogens is 220 g/mol. The second kappa shape index (κ2) is 4.97. The predicted molar refractivity (Wildman–Crippen MR) is 62.6 cm³/mol. The normalized spacial score (nSPS) is 15.9. The van der Waals surface area contributed by atoms with Crippen LogP contribution >= 0.6 is 0 Å². The van der Waals surface area contributed by atoms with E-state index in [0.717, 1.165) is 11.3 Å². The number of imide groups is 1. The summed E-state index contributed by atoms with van der Waals surface area (Å²) in [4.78, 5) is 24.3. The summed E-state index contributed by atoms with van der Waals surface area (Å²) >= 11 is 0. The van der Waals surface area contributed by atoms with Crippen molar-refractivity contribution in [1.82, 2.24) is 5.32 Å². The first-order chi connectivity index (χ1) is 8.20. The van der Waals surface area contributed by atoms with Crippen molar-refractivity contribution < 1.29 is 14.7 Å². The van der Waals surface area contributed by atoms with E-state index in [4.69, 9.17) is 5.11 Å². The Bertz CT molecular complexity index is 429. The van der Waals surface area contributed by atoms with Crippen molar-refractivity contribution >= 4 is 17.5 Å². The second-order valence-electron chi connectivity index (χ2n) is 3.93. The number of amides is 2. The summed E-state index contributed by atoms with van der Waals surface area (Å²) < 4.78 is 0. The molecule has 2 rings (SSSR count). The Kier molecular flexibility index (Phi) is 3.39. The number of anilines is 1. The molecule has 90 valence electrons. The molecule has 1 aromatic rings. The third-order valence-electron chi connectivity index (χ3n) is 2.66. The van der Waals surface area contributed by atoms with Gasteiger partial charge in [0.15, 0.2) is 0 Å². The Hall–Kier alpha value is -1.88. The van der Waals surface area contributed by atoms with Crippen LogP contribution in [-0.2, 0) is 16.0 Å². The molecule has 1 aliphatic heterocycles. The number of benzene rings is 1. The van der Waals surface area contributed by atoms with Crippen LogP contribution in [0.5, 0.6) is 0 Å². The maximum absolute atomic E-state index is 11.3. The van der Waals surface area contributed by atoms with Gasteiger partial charge in [0, 0.05) is 12.3 Å². The van der Waals surface area contributed by atoms with Gasteiger partial charge in [-0.25, -0.2) is 0 Å². The van der Waals surface area contributed by atoms with Crippen LogP contribution in [0.1, 0.15) is 5.56 Å². The minimum Gasteiger partial charge on any atom is -0.396 e. The second-order valence-corrected chi connectivity index (χ2v) is 3.93. The number of aliphatic hydroxyl groups excluding tert-OH is 1. The number of rotatable bonds is 3. The number of nitrogens with one attached hydrogen (secondary N) is 1. The van der Waals surface area contributed by atoms with Crippen molar-refractivity contribution in [3.63, 3.8) is 0 Å². The van der Waals surface area contributed by atoms with Crippen molar-refractivity contribution in [1.29, 1.82) is 0 Å². The number of para-hydroxylation sites is 1. The third-order valence-corrected chi connectivity index (χ3v) is 2.66. The quantitative estimate of drug-likeness (QED) is 0.703. The highest BCUT2D eigenvalue weighted by Crippen LogP contribution is 2.21. The van der Waals surface area contributed by atoms with E-state index >= 15 is 0 Å². The molecule has 0 bridgehead atoms. The molecule has 2 N–H and O–H groups in total. The average molecular weight is 234 g/mol. The highest BCUT2D eigenvalue weighted by atomic mass is 16.3. The summed E-state index contributed by atoms with van der Waals surface area (Å²) in [5.41, 5.74) is 1.78. The van der Waals surface area contributed by atoms with Crippen molar-refractivity contribution in [2.24, 2.45) is 0 Å². The molecule has 0 saturated carbocycles. The van der Waals surface area contributed by atoms with Gasteiger partial charge in [0.05, 0.1) is 13.1 Å². The molecule has 1 fully saturated rings. The molecule has 0 aliphatic carbocycles. The molecule has 0 atom stereocenters. The van der Waals surface area contributed by atoms with Crippen LogP contribution in [0.3, 0.4) is 0 Å². The molecule has 1 aliphatic rings. The van der Waals surface area contributed by atoms with Crippen molar-refractivity contribution in [2.45, 2.75) is 6.42 Å². The van der Waals surface area contributed by atoms with Crippen LogP contribution in [0.15, 0.2) is 24.3 Å². The van der Waals surface area contributed by atoms with Crippen LogP contribution in [0.25, 0.3) is 0 Å². The zero-order chi connectivity index (χ0) is 12.3. The molecule has 5 nitrogen and oxygen atoms in total. The van der Waals surface area contributed by atoms with Crippen molar-refractivity contribution in [3.05, 3.63) is 29.8 Å². The first-order valence-electron chi connectivity index (χ1n) is 5.47. The molecule has 0 spiro atoms. The Morgan fingerprint density at radius 3 is 2.47 bits per heavy atom. The molecule has 1 saturated heterocycles. The van der Waals surface area contributed by atoms with Gasteiger partial charge in [0.1, 0.15) is 0 Å². The van der Waals surface area contributed by atoms with E-state index in [-0.39, 0.29) is 31.5 Å². The van der Waals surface area contributed by atoms with Crippen LogP contribution < -0.4 is 10.2 Å². The van der Waals surface area contributed by atoms with E-state index in [2.05, 4.69) is 5.32 Å². The number of carbonyl (C=O) groups excluding carboxylic acids is 2. The average Bonchev–Trinajstić information content (AvgIpc) is 2.29. The third kappa shape index (κ3) is 2.62. The SMILES string of the molecule is O=C1CN(c2ccccc2CCO)CC(=O)N1. The van der Waals surface area contributed by atoms with Gasteiger partial charge in [-0.05, 0) is 18.1 Å². The molecule has 0 unspecified atom stereocenters. The van der Waals surface area contributed by atoms with E-state index in [1.807, 2.05) is 24.3 Å². The summed E-state index contributed by atoms with van der Waals surface area (Å²) in [7, 11) is 0. The smallest absolute Gasteiger partial charge is 0.246 e. The fraction of sp³-hybridized carbons (Fsp3) is 0.333. The Morgan fingerprint density at radius 2 is 1.82 bits per heavy atom. The van der Waals surface area contributed by atoms with Crippen LogP contribution in [0, 0.1) is 0 Å². The minimum atomic E-state index is -0.292. The van der Waals surface area contributed by atoms with Crippen LogP contribution in [-0.4, -0.2) is 36.6 Å². The zero-order valence-corrected chi connectivity index (χ0v) is 9.35. The zero-order valence-electron chi connectivity index (χ0n) is 9.35. The van der Waals surface area contributed by atoms with Gasteiger partial charge in [0.25, 0.3) is 0 Å². The lowest BCUT2D eigenvalue weighted by molar-refractivity contribution is -0.130. The highest BCUT2D eigenvalue weighted by Gasteiger charge is 2.23. The molecule has 5 heteroatoms. The van der Waals surface area contributed by atoms with E-state index in [9.17, 15) is 9.59 Å². The van der Waals surface area contributed by atoms with Gasteiger partial charge < -0.3 is 10.0 Å². The summed E-state index contributed by atoms with van der Waals surface area (Å²) in [6.07, 6.45) is 0.516. The topological polar surface area (TPSA) is 69.6 Å². The lowest BCUT2D eigenvalue weighted by Crippen LogP contribution is -2.51. The Morgan fingerprint density at radius 1 is 1.18 bits per heavy atom. The standard InChI is InChI=1S/C12H14N2O3/c15-6-5-9-3-1-2-4-10(9)14-7-11(16)13-12(17)8-14/h1-4,15H,5-8H2,(H,13,16,17). The number of hydrogen-bond acceptors (Lipinski definition) is 4. The van der Waals surface area contributed by atoms with E-state index in [1.165, 1.54) is 0 Å². The summed E-state index contributed by atoms with van der Waals surface area (Å²) in [5, 5.41) is 11.2. The van der Waals surface area contributed by atoms with E-state index in [1.54, 1.807) is 4.90 Å². The first-order valence-corrected chi connectivity index (χ1v) is 5.47. The first kappa shape index (κ1) is 11.6. The summed E-state index contributed by atoms with van der Waals surface area (Å²) in [6.45, 7) is 0.396. The van der Waals surface area contributed by atoms with E-state index in [0.29, 0.717) is 6.42 Å². The fourth-order valence-corrected chi connectivity index (χ4v) is 1.96. The molecule has 1 aromatic carbocycles. The molecule has 0 radical (unpaired) electrons. The van der Waals surface area contributed by atoms with E-state index < -0.39 is 0 Å². The number of carbonyl (C=O) groups is 2. The summed E-state index contributed by atoms with van der Waals surface area (Å²) in [6, 6.07) is 7.48. The maximum atomic E-state index is 11.3. The number of aliphatic hydroxyl groups is 1. The van der Waals surface area contributed by atoms with Gasteiger partial charge in [-0.3, -0.25) is 14.9 Å². The monoisotopic (exact) mass is 234 g/mol. The Labute approximate surface area is 99.0 Å². The van der Waals surface area contributed by atoms with Gasteiger partial charge in [-0.15, -0.1) is 0 Å². The number of hydrogen-bond donors (Lipinski definition) is 2. The van der Waals surface area contributed by atoms with Crippen LogP contribution in [0.2, 0.25) is 0 Å². The van der Waals surface area contributed by atoms with Gasteiger partial charge in [-0.2, -0.15) is 0 Å². The van der Waals surface area contributed by atoms with Gasteiger partial charge in [-0.1, -0.05) is 18.2 Å². The van der Waals surface area contributed by atoms with Crippen molar-refractivity contribution in [2.75, 3.05) is 24.6 Å². The maximum Gasteiger partial charge on any atom is 0.246 e. The molecule has 17 heavy (non-hydrogen) atoms. The molecular formula is C12H14N2O3. The highest BCUT2D eigenvalue weighted by molar-refractivity contribution is 6.02. The van der Waals surface area contributed by atoms with Gasteiger partial charge in [0.2, 0.25) is 11.8 Å².